The van der Waals surface area contributed by atoms with Gasteiger partial charge in [0.1, 0.15) is 0 Å². The topological polar surface area (TPSA) is 50.1 Å². The second-order valence-corrected chi connectivity index (χ2v) is 6.18. The quantitative estimate of drug-likeness (QED) is 0.816. The smallest absolute Gasteiger partial charge is 0.0841 e. The average molecular weight is 275 g/mol. The van der Waals surface area contributed by atoms with Gasteiger partial charge in [-0.05, 0) is 24.3 Å². The molecule has 1 heterocycles. The maximum Gasteiger partial charge on any atom is 0.0841 e. The molecule has 0 spiro atoms. The van der Waals surface area contributed by atoms with Gasteiger partial charge in [0.2, 0.25) is 0 Å². The summed E-state index contributed by atoms with van der Waals surface area (Å²) in [7, 11) is 1.98. The number of para-hydroxylation sites is 1. The zero-order valence-corrected chi connectivity index (χ0v) is 12.7. The number of aryl methyl sites for hydroxylation is 1. The first-order valence-electron chi connectivity index (χ1n) is 7.26. The third kappa shape index (κ3) is 3.58. The normalized spacial score (nSPS) is 12.2. The average Bonchev–Trinajstić information content (AvgIpc) is 2.74. The van der Waals surface area contributed by atoms with Gasteiger partial charge in [0.05, 0.1) is 11.2 Å². The van der Waals surface area contributed by atoms with Crippen LogP contribution in [-0.4, -0.2) is 28.0 Å². The van der Waals surface area contributed by atoms with Crippen LogP contribution >= 0.6 is 0 Å². The largest absolute Gasteiger partial charge is 0.396 e. The van der Waals surface area contributed by atoms with Crippen LogP contribution in [0.4, 0.5) is 0 Å². The number of nitrogens with zero attached hydrogens (tertiary/aromatic N) is 2. The van der Waals surface area contributed by atoms with Crippen LogP contribution in [0.1, 0.15) is 32.4 Å². The minimum atomic E-state index is 0.202. The Hall–Kier alpha value is -1.39. The van der Waals surface area contributed by atoms with Crippen LogP contribution in [0.25, 0.3) is 10.9 Å². The van der Waals surface area contributed by atoms with Crippen LogP contribution in [0.3, 0.4) is 0 Å². The van der Waals surface area contributed by atoms with Crippen molar-refractivity contribution in [3.63, 3.8) is 0 Å². The molecule has 4 nitrogen and oxygen atoms in total. The Labute approximate surface area is 120 Å². The standard InChI is InChI=1S/C16H25N3O/c1-16(2,9-6-10-20)12-17-11-14-13-7-4-5-8-15(13)19(3)18-14/h4-5,7-8,17,20H,6,9-12H2,1-3H3. The first-order valence-corrected chi connectivity index (χ1v) is 7.26. The van der Waals surface area contributed by atoms with Crippen molar-refractivity contribution in [3.8, 4) is 0 Å². The molecule has 0 atom stereocenters. The molecule has 0 unspecified atom stereocenters. The van der Waals surface area contributed by atoms with E-state index in [0.29, 0.717) is 0 Å². The molecule has 2 N–H and O–H groups in total. The highest BCUT2D eigenvalue weighted by Crippen LogP contribution is 2.22. The van der Waals surface area contributed by atoms with Gasteiger partial charge in [0.15, 0.2) is 0 Å². The minimum absolute atomic E-state index is 0.202. The van der Waals surface area contributed by atoms with E-state index in [-0.39, 0.29) is 12.0 Å². The molecule has 20 heavy (non-hydrogen) atoms. The van der Waals surface area contributed by atoms with E-state index in [0.717, 1.165) is 31.6 Å². The molecular weight excluding hydrogens is 250 g/mol. The van der Waals surface area contributed by atoms with Crippen LogP contribution in [0.15, 0.2) is 24.3 Å². The molecule has 4 heteroatoms. The van der Waals surface area contributed by atoms with Gasteiger partial charge in [-0.2, -0.15) is 5.10 Å². The third-order valence-electron chi connectivity index (χ3n) is 3.74. The molecule has 1 aromatic carbocycles. The Morgan fingerprint density at radius 2 is 2.05 bits per heavy atom. The van der Waals surface area contributed by atoms with Gasteiger partial charge >= 0.3 is 0 Å². The molecule has 0 fully saturated rings. The summed E-state index contributed by atoms with van der Waals surface area (Å²) < 4.78 is 1.93. The molecule has 2 rings (SSSR count). The van der Waals surface area contributed by atoms with Crippen molar-refractivity contribution in [2.45, 2.75) is 33.2 Å². The van der Waals surface area contributed by atoms with Gasteiger partial charge < -0.3 is 10.4 Å². The number of hydrogen-bond donors (Lipinski definition) is 2. The van der Waals surface area contributed by atoms with Crippen LogP contribution in [0, 0.1) is 5.41 Å². The summed E-state index contributed by atoms with van der Waals surface area (Å²) in [5.41, 5.74) is 2.47. The van der Waals surface area contributed by atoms with Crippen LogP contribution in [0.5, 0.6) is 0 Å². The van der Waals surface area contributed by atoms with Gasteiger partial charge in [0, 0.05) is 32.1 Å². The molecule has 2 aromatic rings. The monoisotopic (exact) mass is 275 g/mol. The van der Waals surface area contributed by atoms with Crippen molar-refractivity contribution >= 4 is 10.9 Å². The summed E-state index contributed by atoms with van der Waals surface area (Å²) >= 11 is 0. The summed E-state index contributed by atoms with van der Waals surface area (Å²) in [5.74, 6) is 0. The summed E-state index contributed by atoms with van der Waals surface area (Å²) in [5, 5.41) is 18.2. The highest BCUT2D eigenvalue weighted by atomic mass is 16.2. The summed E-state index contributed by atoms with van der Waals surface area (Å²) in [4.78, 5) is 0. The molecule has 0 saturated carbocycles. The van der Waals surface area contributed by atoms with E-state index in [1.807, 2.05) is 17.8 Å². The third-order valence-corrected chi connectivity index (χ3v) is 3.74. The predicted octanol–water partition coefficient (Wildman–Crippen LogP) is 2.46. The lowest BCUT2D eigenvalue weighted by Crippen LogP contribution is -2.29. The van der Waals surface area contributed by atoms with Gasteiger partial charge in [-0.3, -0.25) is 4.68 Å². The van der Waals surface area contributed by atoms with Gasteiger partial charge in [0.25, 0.3) is 0 Å². The number of aliphatic hydroxyl groups excluding tert-OH is 1. The van der Waals surface area contributed by atoms with Gasteiger partial charge in [-0.1, -0.05) is 32.0 Å². The fourth-order valence-corrected chi connectivity index (χ4v) is 2.58. The zero-order chi connectivity index (χ0) is 14.6. The fourth-order valence-electron chi connectivity index (χ4n) is 2.58. The van der Waals surface area contributed by atoms with Crippen molar-refractivity contribution in [1.82, 2.24) is 15.1 Å². The second-order valence-electron chi connectivity index (χ2n) is 6.18. The van der Waals surface area contributed by atoms with E-state index in [1.165, 1.54) is 10.9 Å². The maximum atomic E-state index is 8.92. The molecule has 0 aliphatic heterocycles. The van der Waals surface area contributed by atoms with E-state index >= 15 is 0 Å². The van der Waals surface area contributed by atoms with E-state index in [1.54, 1.807) is 0 Å². The molecule has 0 aliphatic rings. The van der Waals surface area contributed by atoms with Crippen LogP contribution < -0.4 is 5.32 Å². The number of nitrogens with one attached hydrogen (secondary N) is 1. The lowest BCUT2D eigenvalue weighted by atomic mass is 9.88. The van der Waals surface area contributed by atoms with E-state index < -0.39 is 0 Å². The number of aliphatic hydroxyl groups is 1. The second kappa shape index (κ2) is 6.37. The molecule has 1 aromatic heterocycles. The fraction of sp³-hybridized carbons (Fsp3) is 0.562. The van der Waals surface area contributed by atoms with Crippen molar-refractivity contribution in [2.75, 3.05) is 13.2 Å². The van der Waals surface area contributed by atoms with Crippen LogP contribution in [0.2, 0.25) is 0 Å². The van der Waals surface area contributed by atoms with Crippen molar-refractivity contribution in [3.05, 3.63) is 30.0 Å². The van der Waals surface area contributed by atoms with Crippen molar-refractivity contribution in [2.24, 2.45) is 12.5 Å². The Kier molecular flexibility index (Phi) is 4.78. The molecule has 0 aliphatic carbocycles. The van der Waals surface area contributed by atoms with Crippen molar-refractivity contribution < 1.29 is 5.11 Å². The molecular formula is C16H25N3O. The molecule has 0 amide bonds. The van der Waals surface area contributed by atoms with Gasteiger partial charge in [-0.15, -0.1) is 0 Å². The first kappa shape index (κ1) is 15.0. The Morgan fingerprint density at radius 1 is 1.30 bits per heavy atom. The van der Waals surface area contributed by atoms with Crippen molar-refractivity contribution in [1.29, 1.82) is 0 Å². The summed E-state index contributed by atoms with van der Waals surface area (Å²) in [6, 6.07) is 8.31. The first-order chi connectivity index (χ1) is 9.53. The van der Waals surface area contributed by atoms with Crippen LogP contribution in [-0.2, 0) is 13.6 Å². The molecule has 110 valence electrons. The predicted molar refractivity (Wildman–Crippen MR) is 82.5 cm³/mol. The lowest BCUT2D eigenvalue weighted by Gasteiger charge is -2.24. The number of hydrogen-bond acceptors (Lipinski definition) is 3. The Bertz CT molecular complexity index is 560. The molecule has 0 bridgehead atoms. The Morgan fingerprint density at radius 3 is 2.80 bits per heavy atom. The molecule has 0 saturated heterocycles. The maximum absolute atomic E-state index is 8.92. The number of aromatic nitrogens is 2. The Balaban J connectivity index is 1.96. The highest BCUT2D eigenvalue weighted by molar-refractivity contribution is 5.81. The summed E-state index contributed by atoms with van der Waals surface area (Å²) in [6.45, 7) is 6.44. The number of benzene rings is 1. The summed E-state index contributed by atoms with van der Waals surface area (Å²) in [6.07, 6.45) is 1.89. The lowest BCUT2D eigenvalue weighted by molar-refractivity contribution is 0.236. The minimum Gasteiger partial charge on any atom is -0.396 e. The molecule has 0 radical (unpaired) electrons. The van der Waals surface area contributed by atoms with E-state index in [9.17, 15) is 0 Å². The highest BCUT2D eigenvalue weighted by Gasteiger charge is 2.17. The van der Waals surface area contributed by atoms with Gasteiger partial charge in [-0.25, -0.2) is 0 Å². The van der Waals surface area contributed by atoms with E-state index in [4.69, 9.17) is 5.11 Å². The number of rotatable bonds is 7. The zero-order valence-electron chi connectivity index (χ0n) is 12.7. The number of fused-ring (bicyclic) bond motifs is 1. The van der Waals surface area contributed by atoms with E-state index in [2.05, 4.69) is 42.5 Å². The SMILES string of the molecule is Cn1nc(CNCC(C)(C)CCCO)c2ccccc21.